The van der Waals surface area contributed by atoms with E-state index in [1.54, 1.807) is 7.11 Å². The maximum atomic E-state index is 5.94. The van der Waals surface area contributed by atoms with Gasteiger partial charge in [-0.2, -0.15) is 5.10 Å². The molecule has 0 unspecified atom stereocenters. The number of aromatic nitrogens is 2. The lowest BCUT2D eigenvalue weighted by Gasteiger charge is -2.22. The van der Waals surface area contributed by atoms with Crippen molar-refractivity contribution in [2.24, 2.45) is 5.92 Å². The van der Waals surface area contributed by atoms with Crippen LogP contribution in [-0.4, -0.2) is 42.7 Å². The predicted molar refractivity (Wildman–Crippen MR) is 78.7 cm³/mol. The van der Waals surface area contributed by atoms with Gasteiger partial charge in [0.1, 0.15) is 6.10 Å². The van der Waals surface area contributed by atoms with Crippen LogP contribution in [0.1, 0.15) is 38.5 Å². The van der Waals surface area contributed by atoms with E-state index < -0.39 is 0 Å². The first kappa shape index (κ1) is 15.5. The summed E-state index contributed by atoms with van der Waals surface area (Å²) in [6.45, 7) is 7.86. The van der Waals surface area contributed by atoms with Gasteiger partial charge in [0.2, 0.25) is 0 Å². The number of nitrogens with zero attached hydrogens (tertiary/aromatic N) is 2. The van der Waals surface area contributed by atoms with Crippen LogP contribution in [0.2, 0.25) is 0 Å². The van der Waals surface area contributed by atoms with Crippen molar-refractivity contribution >= 4 is 0 Å². The molecule has 0 aromatic carbocycles. The number of aryl methyl sites for hydroxylation is 1. The lowest BCUT2D eigenvalue weighted by atomic mass is 9.98. The molecule has 1 N–H and O–H groups in total. The molecule has 0 bridgehead atoms. The minimum atomic E-state index is 0.180. The number of hydrogen-bond acceptors (Lipinski definition) is 4. The molecule has 5 nitrogen and oxygen atoms in total. The summed E-state index contributed by atoms with van der Waals surface area (Å²) < 4.78 is 13.1. The Kier molecular flexibility index (Phi) is 6.01. The van der Waals surface area contributed by atoms with Gasteiger partial charge in [-0.1, -0.05) is 0 Å². The molecular formula is C15H27N3O2. The van der Waals surface area contributed by atoms with E-state index in [9.17, 15) is 0 Å². The van der Waals surface area contributed by atoms with Crippen LogP contribution in [0, 0.1) is 5.92 Å². The van der Waals surface area contributed by atoms with Crippen molar-refractivity contribution in [2.75, 3.05) is 26.9 Å². The van der Waals surface area contributed by atoms with Crippen LogP contribution >= 0.6 is 0 Å². The van der Waals surface area contributed by atoms with E-state index in [0.717, 1.165) is 39.1 Å². The van der Waals surface area contributed by atoms with Gasteiger partial charge >= 0.3 is 0 Å². The van der Waals surface area contributed by atoms with Gasteiger partial charge in [0.05, 0.1) is 5.69 Å². The van der Waals surface area contributed by atoms with E-state index >= 15 is 0 Å². The number of methoxy groups -OCH3 is 1. The lowest BCUT2D eigenvalue weighted by molar-refractivity contribution is 0.0821. The number of nitrogens with one attached hydrogen (secondary N) is 1. The van der Waals surface area contributed by atoms with Crippen molar-refractivity contribution in [1.82, 2.24) is 15.1 Å². The van der Waals surface area contributed by atoms with Gasteiger partial charge in [-0.3, -0.25) is 4.68 Å². The molecule has 5 heteroatoms. The van der Waals surface area contributed by atoms with Gasteiger partial charge in [0.15, 0.2) is 0 Å². The average molecular weight is 281 g/mol. The van der Waals surface area contributed by atoms with E-state index in [0.29, 0.717) is 12.0 Å². The monoisotopic (exact) mass is 281 g/mol. The van der Waals surface area contributed by atoms with Crippen LogP contribution in [0.25, 0.3) is 0 Å². The lowest BCUT2D eigenvalue weighted by Crippen LogP contribution is -2.33. The number of hydrogen-bond donors (Lipinski definition) is 1. The molecule has 1 saturated heterocycles. The van der Waals surface area contributed by atoms with Crippen LogP contribution in [0.5, 0.6) is 0 Å². The average Bonchev–Trinajstić information content (AvgIpc) is 3.10. The molecule has 3 atom stereocenters. The third-order valence-electron chi connectivity index (χ3n) is 4.04. The molecular weight excluding hydrogens is 254 g/mol. The Hall–Kier alpha value is -0.910. The van der Waals surface area contributed by atoms with Crippen LogP contribution in [0.3, 0.4) is 0 Å². The SMILES string of the molecule is CCn1nccc1[C@@H]1OCC[C@H]1CN[C@H](C)CCOC. The fourth-order valence-corrected chi connectivity index (χ4v) is 2.77. The molecule has 0 saturated carbocycles. The van der Waals surface area contributed by atoms with Crippen molar-refractivity contribution in [2.45, 2.75) is 45.4 Å². The first-order valence-corrected chi connectivity index (χ1v) is 7.61. The van der Waals surface area contributed by atoms with Crippen LogP contribution in [-0.2, 0) is 16.0 Å². The summed E-state index contributed by atoms with van der Waals surface area (Å²) in [5.41, 5.74) is 1.21. The Morgan fingerprint density at radius 2 is 2.45 bits per heavy atom. The van der Waals surface area contributed by atoms with Crippen molar-refractivity contribution in [1.29, 1.82) is 0 Å². The van der Waals surface area contributed by atoms with Crippen molar-refractivity contribution in [3.05, 3.63) is 18.0 Å². The number of ether oxygens (including phenoxy) is 2. The Balaban J connectivity index is 1.88. The van der Waals surface area contributed by atoms with Crippen molar-refractivity contribution < 1.29 is 9.47 Å². The molecule has 0 aliphatic carbocycles. The topological polar surface area (TPSA) is 48.3 Å². The second-order valence-corrected chi connectivity index (χ2v) is 5.50. The molecule has 2 rings (SSSR count). The molecule has 0 radical (unpaired) electrons. The second-order valence-electron chi connectivity index (χ2n) is 5.50. The van der Waals surface area contributed by atoms with Gasteiger partial charge in [0, 0.05) is 51.6 Å². The molecule has 0 amide bonds. The smallest absolute Gasteiger partial charge is 0.103 e. The highest BCUT2D eigenvalue weighted by Crippen LogP contribution is 2.34. The first-order valence-electron chi connectivity index (χ1n) is 7.61. The predicted octanol–water partition coefficient (Wildman–Crippen LogP) is 2.00. The summed E-state index contributed by atoms with van der Waals surface area (Å²) in [6.07, 6.45) is 4.21. The summed E-state index contributed by atoms with van der Waals surface area (Å²) >= 11 is 0. The Bertz CT molecular complexity index is 394. The highest BCUT2D eigenvalue weighted by Gasteiger charge is 2.31. The minimum Gasteiger partial charge on any atom is -0.385 e. The highest BCUT2D eigenvalue weighted by molar-refractivity contribution is 5.08. The zero-order chi connectivity index (χ0) is 14.4. The standard InChI is InChI=1S/C15H27N3O2/c1-4-18-14(5-8-17-18)15-13(7-10-20-15)11-16-12(2)6-9-19-3/h5,8,12-13,15-16H,4,6-7,9-11H2,1-3H3/t12-,13+,15-/m1/s1. The van der Waals surface area contributed by atoms with E-state index in [4.69, 9.17) is 9.47 Å². The normalized spacial score (nSPS) is 24.1. The summed E-state index contributed by atoms with van der Waals surface area (Å²) in [5, 5.41) is 7.95. The van der Waals surface area contributed by atoms with E-state index in [-0.39, 0.29) is 6.10 Å². The Labute approximate surface area is 121 Å². The summed E-state index contributed by atoms with van der Waals surface area (Å²) in [4.78, 5) is 0. The second kappa shape index (κ2) is 7.76. The fraction of sp³-hybridized carbons (Fsp3) is 0.800. The Morgan fingerprint density at radius 1 is 1.60 bits per heavy atom. The van der Waals surface area contributed by atoms with Crippen molar-refractivity contribution in [3.8, 4) is 0 Å². The highest BCUT2D eigenvalue weighted by atomic mass is 16.5. The molecule has 20 heavy (non-hydrogen) atoms. The van der Waals surface area contributed by atoms with Gasteiger partial charge in [0.25, 0.3) is 0 Å². The van der Waals surface area contributed by atoms with Gasteiger partial charge in [-0.05, 0) is 32.8 Å². The maximum Gasteiger partial charge on any atom is 0.103 e. The zero-order valence-electron chi connectivity index (χ0n) is 12.8. The quantitative estimate of drug-likeness (QED) is 0.792. The van der Waals surface area contributed by atoms with Crippen molar-refractivity contribution in [3.63, 3.8) is 0 Å². The molecule has 1 aliphatic rings. The Morgan fingerprint density at radius 3 is 3.20 bits per heavy atom. The van der Waals surface area contributed by atoms with Crippen LogP contribution in [0.4, 0.5) is 0 Å². The maximum absolute atomic E-state index is 5.94. The van der Waals surface area contributed by atoms with Gasteiger partial charge < -0.3 is 14.8 Å². The third kappa shape index (κ3) is 3.81. The van der Waals surface area contributed by atoms with E-state index in [1.165, 1.54) is 5.69 Å². The molecule has 0 spiro atoms. The molecule has 1 fully saturated rings. The van der Waals surface area contributed by atoms with Crippen LogP contribution < -0.4 is 5.32 Å². The molecule has 114 valence electrons. The zero-order valence-corrected chi connectivity index (χ0v) is 12.8. The molecule has 1 aromatic rings. The van der Waals surface area contributed by atoms with E-state index in [2.05, 4.69) is 30.3 Å². The largest absolute Gasteiger partial charge is 0.385 e. The molecule has 1 aromatic heterocycles. The molecule has 2 heterocycles. The van der Waals surface area contributed by atoms with Gasteiger partial charge in [-0.15, -0.1) is 0 Å². The van der Waals surface area contributed by atoms with Crippen LogP contribution in [0.15, 0.2) is 12.3 Å². The summed E-state index contributed by atoms with van der Waals surface area (Å²) in [6, 6.07) is 2.56. The third-order valence-corrected chi connectivity index (χ3v) is 4.04. The molecule has 1 aliphatic heterocycles. The fourth-order valence-electron chi connectivity index (χ4n) is 2.77. The first-order chi connectivity index (χ1) is 9.76. The van der Waals surface area contributed by atoms with Gasteiger partial charge in [-0.25, -0.2) is 0 Å². The summed E-state index contributed by atoms with van der Waals surface area (Å²) in [5.74, 6) is 0.530. The minimum absolute atomic E-state index is 0.180. The van der Waals surface area contributed by atoms with E-state index in [1.807, 2.05) is 10.9 Å². The number of rotatable bonds is 8. The summed E-state index contributed by atoms with van der Waals surface area (Å²) in [7, 11) is 1.75.